The molecule has 4 aliphatic rings. The topological polar surface area (TPSA) is 492 Å². The summed E-state index contributed by atoms with van der Waals surface area (Å²) in [6, 6.07) is 51.2. The fourth-order valence-corrected chi connectivity index (χ4v) is 13.1. The van der Waals surface area contributed by atoms with Gasteiger partial charge in [0.15, 0.2) is 0 Å². The molecule has 5 aromatic heterocycles. The fraction of sp³-hybridized carbons (Fsp3) is 0.250. The second-order valence-electron chi connectivity index (χ2n) is 26.3. The van der Waals surface area contributed by atoms with Gasteiger partial charge in [0.2, 0.25) is 0 Å². The number of nitro benzene ring substituents is 4. The van der Waals surface area contributed by atoms with Gasteiger partial charge < -0.3 is 57.9 Å². The number of nitrogen functional groups attached to an aromatic ring is 2. The first-order valence-corrected chi connectivity index (χ1v) is 37.6. The highest BCUT2D eigenvalue weighted by Gasteiger charge is 2.37. The summed E-state index contributed by atoms with van der Waals surface area (Å²) in [5.41, 5.74) is 15.5. The molecule has 0 spiro atoms. The van der Waals surface area contributed by atoms with E-state index in [-0.39, 0.29) is 45.1 Å². The van der Waals surface area contributed by atoms with Gasteiger partial charge in [-0.05, 0) is 158 Å². The number of halogens is 1. The second kappa shape index (κ2) is 43.3. The summed E-state index contributed by atoms with van der Waals surface area (Å²) in [7, 11) is 2.60. The molecule has 2 amide bonds. The molecule has 36 heteroatoms. The Morgan fingerprint density at radius 2 is 0.741 bits per heavy atom. The van der Waals surface area contributed by atoms with Gasteiger partial charge in [-0.3, -0.25) is 59.8 Å². The van der Waals surface area contributed by atoms with Crippen LogP contribution in [0.25, 0.3) is 0 Å². The number of anilines is 10. The van der Waals surface area contributed by atoms with Crippen molar-refractivity contribution < 1.29 is 58.2 Å². The summed E-state index contributed by atoms with van der Waals surface area (Å²) < 4.78 is 9.68. The summed E-state index contributed by atoms with van der Waals surface area (Å²) in [6.07, 6.45) is 19.8. The van der Waals surface area contributed by atoms with E-state index in [1.54, 1.807) is 121 Å². The number of rotatable bonds is 23. The molecule has 14 rings (SSSR count). The van der Waals surface area contributed by atoms with Gasteiger partial charge in [0.25, 0.3) is 34.6 Å². The Hall–Kier alpha value is -13.8. The molecule has 2 saturated carbocycles. The van der Waals surface area contributed by atoms with Gasteiger partial charge >= 0.3 is 17.9 Å². The number of aromatic carboxylic acids is 1. The molecule has 2 aliphatic heterocycles. The van der Waals surface area contributed by atoms with E-state index in [0.717, 1.165) is 31.2 Å². The Morgan fingerprint density at radius 1 is 0.422 bits per heavy atom. The molecular formula is C80H84IN19O16. The van der Waals surface area contributed by atoms with Crippen molar-refractivity contribution in [3.8, 4) is 0 Å². The zero-order valence-corrected chi connectivity index (χ0v) is 65.1. The minimum Gasteiger partial charge on any atom is -0.478 e. The first-order valence-electron chi connectivity index (χ1n) is 36.5. The monoisotopic (exact) mass is 1690 g/mol. The highest BCUT2D eigenvalue weighted by atomic mass is 127. The largest absolute Gasteiger partial charge is 0.478 e. The molecular weight excluding hydrogens is 1610 g/mol. The normalized spacial score (nSPS) is 14.6. The maximum absolute atomic E-state index is 12.5. The van der Waals surface area contributed by atoms with Crippen molar-refractivity contribution in [2.75, 3.05) is 73.1 Å². The van der Waals surface area contributed by atoms with Crippen molar-refractivity contribution in [2.45, 2.75) is 88.4 Å². The van der Waals surface area contributed by atoms with E-state index in [4.69, 9.17) is 16.6 Å². The van der Waals surface area contributed by atoms with Gasteiger partial charge in [-0.15, -0.1) is 0 Å². The third kappa shape index (κ3) is 25.4. The molecule has 5 aromatic carbocycles. The van der Waals surface area contributed by atoms with Crippen molar-refractivity contribution >= 4 is 133 Å². The SMILES string of the molecule is COC(=O)c1ccc(N)nc1.COC(=O)c1ccc(Nc2ccccc2[N+](=O)[O-])nc1.Nc1ccccc1Nc1ccc(C(=O)NCC2CCN2C2CCCC2)cn1.O=C(NCC1CCN1C1CCCC1)c1ccc(Nc2ccccc2[N+](=O)[O-])nc1.O=C(O)c1ccc(Nc2ccccc2[N+](=O)[O-])nc1.O=[N+]([O-])c1ccccc1I. The van der Waals surface area contributed by atoms with Crippen LogP contribution in [0, 0.1) is 44.0 Å². The zero-order valence-electron chi connectivity index (χ0n) is 62.9. The summed E-state index contributed by atoms with van der Waals surface area (Å²) in [4.78, 5) is 124. The molecule has 602 valence electrons. The van der Waals surface area contributed by atoms with Crippen LogP contribution < -0.4 is 43.4 Å². The number of para-hydroxylation sites is 9. The second-order valence-corrected chi connectivity index (χ2v) is 27.4. The number of nitro groups is 4. The lowest BCUT2D eigenvalue weighted by atomic mass is 9.98. The van der Waals surface area contributed by atoms with E-state index < -0.39 is 32.7 Å². The standard InChI is InChI=1S/C21H25N5O3.C21H27N5O.C13H11N3O4.C12H9N3O4.C7H8N2O2.C6H4INO2/c27-21(23-14-17-11-12-25(17)16-5-1-2-6-16)15-9-10-20(22-13-15)24-18-7-3-4-8-19(18)26(28)29;22-18-7-3-4-8-19(18)25-20-10-9-15(13-23-20)21(27)24-14-17-11-12-26(17)16-5-1-2-6-16;1-20-13(17)9-6-7-12(14-8-9)15-10-4-2-3-5-11(10)16(18)19;16-12(17)8-5-6-11(13-7-8)14-9-3-1-2-4-10(9)15(18)19;1-11-7(10)5-2-3-6(8)9-4-5;7-5-3-1-2-4-6(5)8(9)10/h3-4,7-10,13,16-17H,1-2,5-6,11-12,14H2,(H,22,24)(H,23,27);3-4,7-10,13,16-17H,1-2,5-6,11-12,14,22H2,(H,23,25)(H,24,27);2-8H,1H3,(H,14,15);1-7H,(H,13,14)(H,16,17);2-4H,1H3,(H2,8,9);1-4H. The number of methoxy groups -OCH3 is 2. The number of hydrogen-bond acceptors (Lipinski definition) is 28. The minimum atomic E-state index is -1.08. The van der Waals surface area contributed by atoms with Crippen LogP contribution in [0.2, 0.25) is 0 Å². The van der Waals surface area contributed by atoms with Crippen LogP contribution in [0.3, 0.4) is 0 Å². The van der Waals surface area contributed by atoms with Crippen molar-refractivity contribution in [1.29, 1.82) is 0 Å². The number of ether oxygens (including phenoxy) is 2. The molecule has 7 heterocycles. The molecule has 2 unspecified atom stereocenters. The maximum atomic E-state index is 12.5. The third-order valence-electron chi connectivity index (χ3n) is 18.8. The Morgan fingerprint density at radius 3 is 1.04 bits per heavy atom. The number of nitrogens with two attached hydrogens (primary N) is 2. The summed E-state index contributed by atoms with van der Waals surface area (Å²) in [5.74, 6) is 0.0403. The number of hydrogen-bond donors (Lipinski definition) is 9. The Labute approximate surface area is 678 Å². The van der Waals surface area contributed by atoms with E-state index in [2.05, 4.69) is 76.1 Å². The van der Waals surface area contributed by atoms with Crippen molar-refractivity contribution in [3.05, 3.63) is 285 Å². The number of nitrogens with zero attached hydrogens (tertiary/aromatic N) is 11. The quantitative estimate of drug-likeness (QED) is 0.00944. The predicted octanol–water partition coefficient (Wildman–Crippen LogP) is 14.2. The van der Waals surface area contributed by atoms with Crippen LogP contribution in [-0.4, -0.2) is 154 Å². The van der Waals surface area contributed by atoms with Gasteiger partial charge in [-0.1, -0.05) is 86.3 Å². The number of carboxylic acid groups (broad SMARTS) is 1. The number of aromatic nitrogens is 5. The number of nitrogens with one attached hydrogen (secondary N) is 6. The van der Waals surface area contributed by atoms with Crippen LogP contribution in [-0.2, 0) is 9.47 Å². The molecule has 0 radical (unpaired) electrons. The highest BCUT2D eigenvalue weighted by molar-refractivity contribution is 14.1. The Kier molecular flexibility index (Phi) is 32.2. The highest BCUT2D eigenvalue weighted by Crippen LogP contribution is 2.34. The Bertz CT molecular complexity index is 5010. The smallest absolute Gasteiger partial charge is 0.339 e. The van der Waals surface area contributed by atoms with E-state index in [1.807, 2.05) is 46.9 Å². The molecule has 2 aliphatic carbocycles. The number of carbonyl (C=O) groups is 5. The average Bonchev–Trinajstić information content (AvgIpc) is 1.57. The third-order valence-corrected chi connectivity index (χ3v) is 19.7. The lowest BCUT2D eigenvalue weighted by Gasteiger charge is -2.45. The van der Waals surface area contributed by atoms with Crippen LogP contribution in [0.15, 0.2) is 213 Å². The van der Waals surface area contributed by atoms with E-state index >= 15 is 0 Å². The average molecular weight is 1690 g/mol. The first kappa shape index (κ1) is 86.2. The molecule has 11 N–H and O–H groups in total. The molecule has 0 bridgehead atoms. The molecule has 2 saturated heterocycles. The van der Waals surface area contributed by atoms with Crippen molar-refractivity contribution in [2.24, 2.45) is 0 Å². The number of likely N-dealkylation sites (tertiary alicyclic amines) is 2. The Balaban J connectivity index is 0.000000165. The maximum Gasteiger partial charge on any atom is 0.339 e. The number of carbonyl (C=O) groups excluding carboxylic acids is 4. The lowest BCUT2D eigenvalue weighted by molar-refractivity contribution is -0.385. The van der Waals surface area contributed by atoms with Crippen LogP contribution in [0.4, 0.5) is 80.3 Å². The minimum absolute atomic E-state index is 0.0246. The molecule has 2 atom stereocenters. The summed E-state index contributed by atoms with van der Waals surface area (Å²) in [5, 5.41) is 69.6. The van der Waals surface area contributed by atoms with Crippen LogP contribution in [0.1, 0.15) is 116 Å². The van der Waals surface area contributed by atoms with Gasteiger partial charge in [0, 0.05) is 106 Å². The molecule has 35 nitrogen and oxygen atoms in total. The van der Waals surface area contributed by atoms with Crippen LogP contribution >= 0.6 is 22.6 Å². The van der Waals surface area contributed by atoms with Crippen molar-refractivity contribution in [1.82, 2.24) is 45.4 Å². The lowest BCUT2D eigenvalue weighted by Crippen LogP contribution is -2.56. The predicted molar refractivity (Wildman–Crippen MR) is 444 cm³/mol. The van der Waals surface area contributed by atoms with E-state index in [9.17, 15) is 64.4 Å². The summed E-state index contributed by atoms with van der Waals surface area (Å²) >= 11 is 1.93. The van der Waals surface area contributed by atoms with E-state index in [1.165, 1.54) is 146 Å². The van der Waals surface area contributed by atoms with Crippen LogP contribution in [0.5, 0.6) is 0 Å². The number of pyridine rings is 5. The number of esters is 2. The van der Waals surface area contributed by atoms with Crippen molar-refractivity contribution in [3.63, 3.8) is 0 Å². The first-order chi connectivity index (χ1) is 56.0. The van der Waals surface area contributed by atoms with Gasteiger partial charge in [-0.25, -0.2) is 39.3 Å². The summed E-state index contributed by atoms with van der Waals surface area (Å²) in [6.45, 7) is 3.69. The fourth-order valence-electron chi connectivity index (χ4n) is 12.5. The zero-order chi connectivity index (χ0) is 83.0. The van der Waals surface area contributed by atoms with Gasteiger partial charge in [-0.2, -0.15) is 0 Å². The van der Waals surface area contributed by atoms with Gasteiger partial charge in [0.05, 0.1) is 76.7 Å². The van der Waals surface area contributed by atoms with E-state index in [0.29, 0.717) is 102 Å². The molecule has 10 aromatic rings. The van der Waals surface area contributed by atoms with Gasteiger partial charge in [0.1, 0.15) is 46.2 Å². The number of amides is 2. The molecule has 4 fully saturated rings. The molecule has 116 heavy (non-hydrogen) atoms. The number of carboxylic acids is 1. The number of benzene rings is 5.